The smallest absolute Gasteiger partial charge is 0.205 e. The normalized spacial score (nSPS) is 21.4. The summed E-state index contributed by atoms with van der Waals surface area (Å²) in [6.45, 7) is 2.17. The third-order valence-electron chi connectivity index (χ3n) is 2.19. The van der Waals surface area contributed by atoms with Crippen LogP contribution in [0.25, 0.3) is 0 Å². The van der Waals surface area contributed by atoms with Crippen molar-refractivity contribution < 1.29 is 0 Å². The molecule has 1 saturated heterocycles. The monoisotopic (exact) mass is 229 g/mol. The van der Waals surface area contributed by atoms with Crippen molar-refractivity contribution in [2.45, 2.75) is 32.2 Å². The Balaban J connectivity index is 1.88. The number of hydrogen-bond acceptors (Lipinski definition) is 5. The Morgan fingerprint density at radius 1 is 1.50 bits per heavy atom. The van der Waals surface area contributed by atoms with Crippen LogP contribution >= 0.6 is 23.1 Å². The fourth-order valence-corrected chi connectivity index (χ4v) is 3.52. The lowest BCUT2D eigenvalue weighted by molar-refractivity contribution is 0.805. The van der Waals surface area contributed by atoms with Crippen molar-refractivity contribution in [3.63, 3.8) is 0 Å². The van der Waals surface area contributed by atoms with Gasteiger partial charge in [0.15, 0.2) is 0 Å². The Hall–Kier alpha value is -0.290. The molecule has 0 spiro atoms. The van der Waals surface area contributed by atoms with Gasteiger partial charge in [-0.25, -0.2) is 0 Å². The summed E-state index contributed by atoms with van der Waals surface area (Å²) in [5.74, 6) is 2.49. The number of rotatable bonds is 4. The maximum Gasteiger partial charge on any atom is 0.205 e. The van der Waals surface area contributed by atoms with Gasteiger partial charge in [-0.1, -0.05) is 18.3 Å². The maximum absolute atomic E-state index is 4.15. The molecule has 1 fully saturated rings. The maximum atomic E-state index is 4.15. The van der Waals surface area contributed by atoms with Crippen LogP contribution in [0.4, 0.5) is 5.13 Å². The highest BCUT2D eigenvalue weighted by atomic mass is 32.2. The Bertz CT molecular complexity index is 281. The Morgan fingerprint density at radius 3 is 3.14 bits per heavy atom. The third kappa shape index (κ3) is 2.60. The zero-order valence-corrected chi connectivity index (χ0v) is 9.96. The van der Waals surface area contributed by atoms with Crippen molar-refractivity contribution in [3.05, 3.63) is 5.01 Å². The summed E-state index contributed by atoms with van der Waals surface area (Å²) >= 11 is 3.71. The predicted octanol–water partition coefficient (Wildman–Crippen LogP) is 2.41. The molecular formula is C9H15N3S2. The van der Waals surface area contributed by atoms with E-state index in [2.05, 4.69) is 22.4 Å². The van der Waals surface area contributed by atoms with E-state index in [1.165, 1.54) is 17.9 Å². The minimum Gasteiger partial charge on any atom is -0.356 e. The van der Waals surface area contributed by atoms with Crippen LogP contribution < -0.4 is 5.32 Å². The highest BCUT2D eigenvalue weighted by Gasteiger charge is 2.16. The second-order valence-electron chi connectivity index (χ2n) is 3.46. The van der Waals surface area contributed by atoms with E-state index >= 15 is 0 Å². The molecule has 0 aromatic carbocycles. The minimum absolute atomic E-state index is 0.613. The van der Waals surface area contributed by atoms with Crippen molar-refractivity contribution in [1.82, 2.24) is 10.2 Å². The molecule has 1 unspecified atom stereocenters. The molecule has 78 valence electrons. The average molecular weight is 229 g/mol. The fourth-order valence-electron chi connectivity index (χ4n) is 1.45. The Labute approximate surface area is 92.7 Å². The zero-order valence-electron chi connectivity index (χ0n) is 8.32. The van der Waals surface area contributed by atoms with E-state index < -0.39 is 0 Å². The lowest BCUT2D eigenvalue weighted by Crippen LogP contribution is -2.17. The molecule has 2 heterocycles. The van der Waals surface area contributed by atoms with E-state index in [4.69, 9.17) is 0 Å². The molecule has 0 radical (unpaired) electrons. The molecule has 1 aliphatic heterocycles. The minimum atomic E-state index is 0.613. The van der Waals surface area contributed by atoms with Crippen molar-refractivity contribution in [2.24, 2.45) is 0 Å². The quantitative estimate of drug-likeness (QED) is 0.860. The standard InChI is InChI=1S/C9H15N3S2/c1-2-3-8-11-12-9(14-8)10-7-4-5-13-6-7/h7H,2-6H2,1H3,(H,10,12). The van der Waals surface area contributed by atoms with Crippen LogP contribution in [0.15, 0.2) is 0 Å². The van der Waals surface area contributed by atoms with Gasteiger partial charge in [0.05, 0.1) is 0 Å². The molecule has 1 N–H and O–H groups in total. The van der Waals surface area contributed by atoms with Crippen LogP contribution in [0.1, 0.15) is 24.8 Å². The Morgan fingerprint density at radius 2 is 2.43 bits per heavy atom. The van der Waals surface area contributed by atoms with Crippen molar-refractivity contribution in [3.8, 4) is 0 Å². The van der Waals surface area contributed by atoms with E-state index in [-0.39, 0.29) is 0 Å². The molecule has 0 saturated carbocycles. The van der Waals surface area contributed by atoms with E-state index in [0.717, 1.165) is 23.0 Å². The Kier molecular flexibility index (Phi) is 3.64. The number of aryl methyl sites for hydroxylation is 1. The molecule has 0 amide bonds. The van der Waals surface area contributed by atoms with E-state index in [0.29, 0.717) is 6.04 Å². The highest BCUT2D eigenvalue weighted by Crippen LogP contribution is 2.23. The largest absolute Gasteiger partial charge is 0.356 e. The van der Waals surface area contributed by atoms with Crippen molar-refractivity contribution in [1.29, 1.82) is 0 Å². The molecule has 1 aliphatic rings. The summed E-state index contributed by atoms with van der Waals surface area (Å²) in [6, 6.07) is 0.613. The molecule has 5 heteroatoms. The molecule has 1 aromatic rings. The molecular weight excluding hydrogens is 214 g/mol. The average Bonchev–Trinajstić information content (AvgIpc) is 2.79. The molecule has 2 rings (SSSR count). The molecule has 1 aromatic heterocycles. The van der Waals surface area contributed by atoms with Gasteiger partial charge < -0.3 is 5.32 Å². The highest BCUT2D eigenvalue weighted by molar-refractivity contribution is 7.99. The fraction of sp³-hybridized carbons (Fsp3) is 0.778. The lowest BCUT2D eigenvalue weighted by Gasteiger charge is -2.07. The van der Waals surface area contributed by atoms with Gasteiger partial charge in [0.2, 0.25) is 5.13 Å². The first-order chi connectivity index (χ1) is 6.88. The van der Waals surface area contributed by atoms with Gasteiger partial charge in [-0.15, -0.1) is 10.2 Å². The van der Waals surface area contributed by atoms with Crippen molar-refractivity contribution >= 4 is 28.2 Å². The molecule has 3 nitrogen and oxygen atoms in total. The van der Waals surface area contributed by atoms with Crippen LogP contribution in [-0.4, -0.2) is 27.7 Å². The molecule has 1 atom stereocenters. The third-order valence-corrected chi connectivity index (χ3v) is 4.26. The number of anilines is 1. The van der Waals surface area contributed by atoms with Gasteiger partial charge in [-0.05, 0) is 18.6 Å². The van der Waals surface area contributed by atoms with Crippen LogP contribution in [0.5, 0.6) is 0 Å². The van der Waals surface area contributed by atoms with Crippen LogP contribution in [-0.2, 0) is 6.42 Å². The number of nitrogens with one attached hydrogen (secondary N) is 1. The van der Waals surface area contributed by atoms with Crippen LogP contribution in [0.3, 0.4) is 0 Å². The summed E-state index contributed by atoms with van der Waals surface area (Å²) < 4.78 is 0. The topological polar surface area (TPSA) is 37.8 Å². The van der Waals surface area contributed by atoms with Gasteiger partial charge in [0.25, 0.3) is 0 Å². The van der Waals surface area contributed by atoms with Crippen LogP contribution in [0, 0.1) is 0 Å². The van der Waals surface area contributed by atoms with Gasteiger partial charge in [0.1, 0.15) is 5.01 Å². The van der Waals surface area contributed by atoms with Gasteiger partial charge in [-0.2, -0.15) is 11.8 Å². The number of hydrogen-bond donors (Lipinski definition) is 1. The first kappa shape index (κ1) is 10.2. The van der Waals surface area contributed by atoms with Crippen LogP contribution in [0.2, 0.25) is 0 Å². The van der Waals surface area contributed by atoms with Gasteiger partial charge >= 0.3 is 0 Å². The lowest BCUT2D eigenvalue weighted by atomic mass is 10.3. The summed E-state index contributed by atoms with van der Waals surface area (Å²) in [7, 11) is 0. The summed E-state index contributed by atoms with van der Waals surface area (Å²) in [4.78, 5) is 0. The second-order valence-corrected chi connectivity index (χ2v) is 5.67. The molecule has 0 aliphatic carbocycles. The number of nitrogens with zero attached hydrogens (tertiary/aromatic N) is 2. The number of aromatic nitrogens is 2. The summed E-state index contributed by atoms with van der Waals surface area (Å²) in [5, 5.41) is 13.9. The predicted molar refractivity (Wildman–Crippen MR) is 63.3 cm³/mol. The van der Waals surface area contributed by atoms with Gasteiger partial charge in [-0.3, -0.25) is 0 Å². The van der Waals surface area contributed by atoms with Crippen molar-refractivity contribution in [2.75, 3.05) is 16.8 Å². The summed E-state index contributed by atoms with van der Waals surface area (Å²) in [5.41, 5.74) is 0. The van der Waals surface area contributed by atoms with E-state index in [1.54, 1.807) is 11.3 Å². The first-order valence-electron chi connectivity index (χ1n) is 5.05. The SMILES string of the molecule is CCCc1nnc(NC2CCSC2)s1. The zero-order chi connectivity index (χ0) is 9.80. The second kappa shape index (κ2) is 4.98. The van der Waals surface area contributed by atoms with E-state index in [1.807, 2.05) is 11.8 Å². The first-order valence-corrected chi connectivity index (χ1v) is 7.02. The van der Waals surface area contributed by atoms with Gasteiger partial charge in [0, 0.05) is 18.2 Å². The summed E-state index contributed by atoms with van der Waals surface area (Å²) in [6.07, 6.45) is 3.46. The molecule has 0 bridgehead atoms. The molecule has 14 heavy (non-hydrogen) atoms. The number of thioether (sulfide) groups is 1. The van der Waals surface area contributed by atoms with E-state index in [9.17, 15) is 0 Å².